The van der Waals surface area contributed by atoms with Crippen LogP contribution in [0.25, 0.3) is 16.6 Å². The largest absolute Gasteiger partial charge is 0.491 e. The van der Waals surface area contributed by atoms with Crippen LogP contribution in [0.5, 0.6) is 5.75 Å². The van der Waals surface area contributed by atoms with Gasteiger partial charge in [0.2, 0.25) is 0 Å². The summed E-state index contributed by atoms with van der Waals surface area (Å²) in [4.78, 5) is 50.0. The van der Waals surface area contributed by atoms with Crippen molar-refractivity contribution in [3.63, 3.8) is 0 Å². The number of hydrogen-bond donors (Lipinski definition) is 4. The highest BCUT2D eigenvalue weighted by Crippen LogP contribution is 2.31. The first-order valence-corrected chi connectivity index (χ1v) is 14.0. The molecule has 2 atom stereocenters. The summed E-state index contributed by atoms with van der Waals surface area (Å²) in [6.45, 7) is 5.64. The molecule has 11 heteroatoms. The molecule has 1 fully saturated rings. The molecule has 0 bridgehead atoms. The molecule has 5 N–H and O–H groups in total. The van der Waals surface area contributed by atoms with E-state index in [-0.39, 0.29) is 42.4 Å². The number of likely N-dealkylation sites (N-methyl/N-ethyl adjacent to an activating group) is 1. The third kappa shape index (κ3) is 5.79. The molecule has 1 saturated heterocycles. The predicted molar refractivity (Wildman–Crippen MR) is 159 cm³/mol. The van der Waals surface area contributed by atoms with E-state index in [0.29, 0.717) is 46.4 Å². The number of imidazole rings is 1. The number of nitrogens with zero attached hydrogens (tertiary/aromatic N) is 3. The second kappa shape index (κ2) is 12.2. The number of aliphatic hydroxyl groups is 1. The first-order chi connectivity index (χ1) is 20.2. The van der Waals surface area contributed by atoms with Crippen LogP contribution in [0.1, 0.15) is 50.5 Å². The number of imide groups is 1. The molecule has 2 unspecified atom stereocenters. The summed E-state index contributed by atoms with van der Waals surface area (Å²) in [6.07, 6.45) is 4.22. The number of ether oxygens (including phenoxy) is 1. The van der Waals surface area contributed by atoms with Crippen molar-refractivity contribution in [2.24, 2.45) is 5.73 Å². The summed E-state index contributed by atoms with van der Waals surface area (Å²) in [7, 11) is 1.99. The predicted octanol–water partition coefficient (Wildman–Crippen LogP) is 2.28. The van der Waals surface area contributed by atoms with Crippen molar-refractivity contribution in [3.8, 4) is 5.75 Å². The van der Waals surface area contributed by atoms with Crippen LogP contribution in [0, 0.1) is 13.8 Å². The van der Waals surface area contributed by atoms with Gasteiger partial charge in [0.1, 0.15) is 24.3 Å². The fourth-order valence-corrected chi connectivity index (χ4v) is 5.59. The second-order valence-corrected chi connectivity index (χ2v) is 11.0. The van der Waals surface area contributed by atoms with E-state index in [0.717, 1.165) is 30.5 Å². The smallest absolute Gasteiger partial charge is 0.261 e. The second-order valence-electron chi connectivity index (χ2n) is 11.0. The molecule has 1 aromatic heterocycles. The zero-order valence-electron chi connectivity index (χ0n) is 24.0. The number of likely N-dealkylation sites (tertiary alicyclic amines) is 1. The van der Waals surface area contributed by atoms with Crippen molar-refractivity contribution in [2.45, 2.75) is 38.8 Å². The van der Waals surface area contributed by atoms with Gasteiger partial charge in [-0.25, -0.2) is 4.98 Å². The minimum Gasteiger partial charge on any atom is -0.491 e. The van der Waals surface area contributed by atoms with Gasteiger partial charge in [-0.05, 0) is 76.3 Å². The molecule has 2 amide bonds. The zero-order chi connectivity index (χ0) is 30.0. The normalized spacial score (nSPS) is 18.9. The third-order valence-electron chi connectivity index (χ3n) is 7.70. The Hall–Kier alpha value is -4.48. The van der Waals surface area contributed by atoms with E-state index in [4.69, 9.17) is 10.5 Å². The van der Waals surface area contributed by atoms with E-state index in [1.165, 1.54) is 17.2 Å². The van der Waals surface area contributed by atoms with Crippen molar-refractivity contribution in [3.05, 3.63) is 76.4 Å². The minimum absolute atomic E-state index is 0.0410. The van der Waals surface area contributed by atoms with E-state index >= 15 is 0 Å². The fraction of sp³-hybridized carbons (Fsp3) is 0.355. The van der Waals surface area contributed by atoms with Crippen molar-refractivity contribution < 1.29 is 24.2 Å². The molecule has 2 aliphatic rings. The van der Waals surface area contributed by atoms with Gasteiger partial charge in [0.05, 0.1) is 33.8 Å². The number of aliphatic hydroxyl groups excluding tert-OH is 1. The lowest BCUT2D eigenvalue weighted by atomic mass is 10.0. The monoisotopic (exact) mass is 572 g/mol. The molecule has 3 aromatic rings. The summed E-state index contributed by atoms with van der Waals surface area (Å²) >= 11 is 0. The van der Waals surface area contributed by atoms with Gasteiger partial charge in [0, 0.05) is 18.8 Å². The Balaban J connectivity index is 1.34. The number of nitrogens with two attached hydrogens (primary N) is 1. The quantitative estimate of drug-likeness (QED) is 0.124. The lowest BCUT2D eigenvalue weighted by molar-refractivity contribution is -0.103. The van der Waals surface area contributed by atoms with Crippen LogP contribution in [0.3, 0.4) is 0 Å². The lowest BCUT2D eigenvalue weighted by Crippen LogP contribution is -2.49. The molecule has 2 aromatic carbocycles. The van der Waals surface area contributed by atoms with E-state index in [9.17, 15) is 19.5 Å². The highest BCUT2D eigenvalue weighted by molar-refractivity contribution is 6.23. The maximum Gasteiger partial charge on any atom is 0.261 e. The molecule has 5 rings (SSSR count). The Morgan fingerprint density at radius 2 is 2.00 bits per heavy atom. The van der Waals surface area contributed by atoms with Gasteiger partial charge in [-0.1, -0.05) is 17.7 Å². The highest BCUT2D eigenvalue weighted by Gasteiger charge is 2.41. The van der Waals surface area contributed by atoms with Gasteiger partial charge in [-0.2, -0.15) is 0 Å². The van der Waals surface area contributed by atoms with Crippen LogP contribution in [0.4, 0.5) is 0 Å². The zero-order valence-corrected chi connectivity index (χ0v) is 24.0. The number of allylic oxidation sites excluding steroid dienone is 2. The number of carbonyl (C=O) groups excluding carboxylic acids is 3. The maximum atomic E-state index is 13.3. The number of amides is 2. The number of aromatic amines is 1. The van der Waals surface area contributed by atoms with Crippen LogP contribution in [0.2, 0.25) is 0 Å². The molecule has 0 saturated carbocycles. The van der Waals surface area contributed by atoms with Gasteiger partial charge >= 0.3 is 0 Å². The number of aryl methyl sites for hydroxylation is 2. The lowest BCUT2D eigenvalue weighted by Gasteiger charge is -2.34. The molecule has 3 heterocycles. The molecule has 0 aliphatic carbocycles. The summed E-state index contributed by atoms with van der Waals surface area (Å²) in [6, 6.07) is 8.86. The fourth-order valence-electron chi connectivity index (χ4n) is 5.59. The number of benzene rings is 2. The molecule has 2 aliphatic heterocycles. The van der Waals surface area contributed by atoms with E-state index in [2.05, 4.69) is 20.2 Å². The van der Waals surface area contributed by atoms with Crippen molar-refractivity contribution in [1.29, 1.82) is 0 Å². The standard InChI is InChI=1S/C31H36N6O5/c1-18-6-7-28(19(2)11-18)42-17-21(39)14-33-25(8-9-32)24(16-38)29-34-26-12-22-23(13-27(26)35-29)31(41)37(30(22)40)20-5-4-10-36(3)15-20/h6-9,11-13,16,20-21,33,39H,4-5,10,14-15,17,32H2,1-3H3,(H,34,35)/b9-8-,25-24-. The van der Waals surface area contributed by atoms with Gasteiger partial charge in [0.15, 0.2) is 6.29 Å². The molecule has 42 heavy (non-hydrogen) atoms. The molecule has 0 radical (unpaired) electrons. The van der Waals surface area contributed by atoms with Crippen molar-refractivity contribution in [2.75, 3.05) is 33.3 Å². The molecular weight excluding hydrogens is 536 g/mol. The highest BCUT2D eigenvalue weighted by atomic mass is 16.5. The van der Waals surface area contributed by atoms with E-state index < -0.39 is 6.10 Å². The molecule has 220 valence electrons. The van der Waals surface area contributed by atoms with E-state index in [1.54, 1.807) is 12.1 Å². The Kier molecular flexibility index (Phi) is 8.41. The number of carbonyl (C=O) groups is 3. The summed E-state index contributed by atoms with van der Waals surface area (Å²) in [5, 5.41) is 13.6. The summed E-state index contributed by atoms with van der Waals surface area (Å²) < 4.78 is 5.77. The summed E-state index contributed by atoms with van der Waals surface area (Å²) in [5.74, 6) is 0.283. The van der Waals surface area contributed by atoms with Gasteiger partial charge in [-0.15, -0.1) is 0 Å². The first kappa shape index (κ1) is 29.0. The van der Waals surface area contributed by atoms with Gasteiger partial charge in [0.25, 0.3) is 11.8 Å². The molecular formula is C31H36N6O5. The number of nitrogens with one attached hydrogen (secondary N) is 2. The van der Waals surface area contributed by atoms with Gasteiger partial charge < -0.3 is 30.8 Å². The SMILES string of the molecule is Cc1ccc(OCC(O)CNC(/C=C\N)=C(/C=O)c2nc3cc4c(cc3[nH]2)C(=O)N(C2CCCN(C)C2)C4=O)c(C)c1. The van der Waals surface area contributed by atoms with E-state index in [1.807, 2.05) is 39.1 Å². The number of aldehydes is 1. The van der Waals surface area contributed by atoms with Crippen molar-refractivity contribution in [1.82, 2.24) is 25.1 Å². The number of aromatic nitrogens is 2. The Bertz CT molecular complexity index is 1540. The Labute approximate surface area is 244 Å². The van der Waals surface area contributed by atoms with Crippen LogP contribution in [-0.2, 0) is 4.79 Å². The van der Waals surface area contributed by atoms with Crippen molar-refractivity contribution >= 4 is 34.7 Å². The summed E-state index contributed by atoms with van der Waals surface area (Å²) in [5.41, 5.74) is 9.84. The Morgan fingerprint density at radius 1 is 1.24 bits per heavy atom. The van der Waals surface area contributed by atoms with Crippen LogP contribution in [0.15, 0.2) is 48.3 Å². The Morgan fingerprint density at radius 3 is 2.69 bits per heavy atom. The average Bonchev–Trinajstić information content (AvgIpc) is 3.47. The maximum absolute atomic E-state index is 13.3. The third-order valence-corrected chi connectivity index (χ3v) is 7.70. The minimum atomic E-state index is -0.887. The van der Waals surface area contributed by atoms with Crippen LogP contribution in [-0.4, -0.2) is 88.4 Å². The van der Waals surface area contributed by atoms with Crippen LogP contribution >= 0.6 is 0 Å². The van der Waals surface area contributed by atoms with Gasteiger partial charge in [-0.3, -0.25) is 19.3 Å². The molecule has 0 spiro atoms. The van der Waals surface area contributed by atoms with Crippen LogP contribution < -0.4 is 15.8 Å². The molecule has 11 nitrogen and oxygen atoms in total. The number of rotatable bonds is 10. The average molecular weight is 573 g/mol. The number of hydrogen-bond acceptors (Lipinski definition) is 9. The number of fused-ring (bicyclic) bond motifs is 2. The number of piperidine rings is 1. The first-order valence-electron chi connectivity index (χ1n) is 14.0. The topological polar surface area (TPSA) is 154 Å². The number of H-pyrrole nitrogens is 1.